The molecule has 6 heteroatoms. The molecule has 0 aliphatic rings. The molecule has 0 N–H and O–H groups in total. The van der Waals surface area contributed by atoms with Crippen LogP contribution >= 0.6 is 35.4 Å². The van der Waals surface area contributed by atoms with Gasteiger partial charge in [0.25, 0.3) is 0 Å². The van der Waals surface area contributed by atoms with E-state index in [1.165, 1.54) is 0 Å². The fourth-order valence-electron chi connectivity index (χ4n) is 2.32. The SMILES string of the molecule is CCN(CC)C(=S)C(C)Oc1ccc(Oc2ccc(Cl)cc2Cl)cc1. The summed E-state index contributed by atoms with van der Waals surface area (Å²) in [6.45, 7) is 7.86. The summed E-state index contributed by atoms with van der Waals surface area (Å²) in [6.07, 6.45) is -0.174. The lowest BCUT2D eigenvalue weighted by Crippen LogP contribution is -2.38. The Labute approximate surface area is 164 Å². The van der Waals surface area contributed by atoms with Crippen LogP contribution in [-0.4, -0.2) is 29.1 Å². The highest BCUT2D eigenvalue weighted by Gasteiger charge is 2.15. The van der Waals surface area contributed by atoms with Crippen molar-refractivity contribution >= 4 is 40.4 Å². The Kier molecular flexibility index (Phi) is 7.36. The summed E-state index contributed by atoms with van der Waals surface area (Å²) in [5, 5.41) is 1.03. The maximum atomic E-state index is 6.12. The van der Waals surface area contributed by atoms with Crippen LogP contribution in [0.2, 0.25) is 10.0 Å². The third-order valence-corrected chi connectivity index (χ3v) is 4.80. The van der Waals surface area contributed by atoms with Crippen LogP contribution in [0.1, 0.15) is 20.8 Å². The van der Waals surface area contributed by atoms with E-state index in [0.29, 0.717) is 21.5 Å². The molecule has 0 spiro atoms. The first-order valence-electron chi connectivity index (χ1n) is 8.13. The number of thiocarbonyl (C=S) groups is 1. The summed E-state index contributed by atoms with van der Waals surface area (Å²) < 4.78 is 11.7. The molecular weight excluding hydrogens is 377 g/mol. The van der Waals surface area contributed by atoms with Crippen LogP contribution in [0.25, 0.3) is 0 Å². The third-order valence-electron chi connectivity index (χ3n) is 3.68. The van der Waals surface area contributed by atoms with Gasteiger partial charge in [0.05, 0.1) is 5.02 Å². The van der Waals surface area contributed by atoms with E-state index in [1.807, 2.05) is 31.2 Å². The molecule has 2 aromatic rings. The molecule has 0 bridgehead atoms. The number of hydrogen-bond acceptors (Lipinski definition) is 3. The average molecular weight is 398 g/mol. The summed E-state index contributed by atoms with van der Waals surface area (Å²) in [5.41, 5.74) is 0. The molecule has 2 aromatic carbocycles. The Morgan fingerprint density at radius 2 is 1.64 bits per heavy atom. The Balaban J connectivity index is 2.01. The first kappa shape index (κ1) is 19.8. The Hall–Kier alpha value is -1.49. The molecule has 25 heavy (non-hydrogen) atoms. The quantitative estimate of drug-likeness (QED) is 0.516. The van der Waals surface area contributed by atoms with Gasteiger partial charge in [-0.15, -0.1) is 0 Å². The molecule has 134 valence electrons. The largest absolute Gasteiger partial charge is 0.484 e. The van der Waals surface area contributed by atoms with Crippen molar-refractivity contribution in [2.24, 2.45) is 0 Å². The zero-order valence-electron chi connectivity index (χ0n) is 14.5. The van der Waals surface area contributed by atoms with Crippen molar-refractivity contribution in [3.05, 3.63) is 52.5 Å². The predicted molar refractivity (Wildman–Crippen MR) is 109 cm³/mol. The topological polar surface area (TPSA) is 21.7 Å². The number of nitrogens with zero attached hydrogens (tertiary/aromatic N) is 1. The first-order chi connectivity index (χ1) is 11.9. The Morgan fingerprint density at radius 3 is 2.20 bits per heavy atom. The van der Waals surface area contributed by atoms with Crippen molar-refractivity contribution in [3.63, 3.8) is 0 Å². The van der Waals surface area contributed by atoms with Crippen LogP contribution in [-0.2, 0) is 0 Å². The summed E-state index contributed by atoms with van der Waals surface area (Å²) in [4.78, 5) is 2.92. The van der Waals surface area contributed by atoms with Gasteiger partial charge in [-0.3, -0.25) is 0 Å². The third kappa shape index (κ3) is 5.50. The second-order valence-corrected chi connectivity index (χ2v) is 6.68. The number of rotatable bonds is 7. The summed E-state index contributed by atoms with van der Waals surface area (Å²) >= 11 is 17.5. The lowest BCUT2D eigenvalue weighted by atomic mass is 10.3. The van der Waals surface area contributed by atoms with Gasteiger partial charge in [0, 0.05) is 18.1 Å². The molecule has 0 aliphatic carbocycles. The van der Waals surface area contributed by atoms with Gasteiger partial charge in [-0.05, 0) is 63.2 Å². The van der Waals surface area contributed by atoms with E-state index in [9.17, 15) is 0 Å². The van der Waals surface area contributed by atoms with Gasteiger partial charge < -0.3 is 14.4 Å². The molecule has 0 radical (unpaired) electrons. The molecule has 1 atom stereocenters. The molecule has 2 rings (SSSR count). The van der Waals surface area contributed by atoms with E-state index >= 15 is 0 Å². The molecular formula is C19H21Cl2NO2S. The van der Waals surface area contributed by atoms with Gasteiger partial charge in [-0.2, -0.15) is 0 Å². The monoisotopic (exact) mass is 397 g/mol. The van der Waals surface area contributed by atoms with Crippen LogP contribution in [0.15, 0.2) is 42.5 Å². The minimum atomic E-state index is -0.174. The van der Waals surface area contributed by atoms with E-state index in [-0.39, 0.29) is 6.10 Å². The van der Waals surface area contributed by atoms with Gasteiger partial charge >= 0.3 is 0 Å². The molecule has 1 unspecified atom stereocenters. The zero-order chi connectivity index (χ0) is 18.4. The highest BCUT2D eigenvalue weighted by molar-refractivity contribution is 7.80. The van der Waals surface area contributed by atoms with Crippen LogP contribution in [0.3, 0.4) is 0 Å². The Bertz CT molecular complexity index is 718. The number of benzene rings is 2. The molecule has 0 aromatic heterocycles. The van der Waals surface area contributed by atoms with Gasteiger partial charge in [-0.1, -0.05) is 35.4 Å². The average Bonchev–Trinajstić information content (AvgIpc) is 2.60. The van der Waals surface area contributed by atoms with E-state index in [0.717, 1.165) is 23.8 Å². The maximum absolute atomic E-state index is 6.12. The van der Waals surface area contributed by atoms with Crippen LogP contribution in [0.5, 0.6) is 17.2 Å². The lowest BCUT2D eigenvalue weighted by Gasteiger charge is -2.26. The van der Waals surface area contributed by atoms with E-state index < -0.39 is 0 Å². The second kappa shape index (κ2) is 9.27. The molecule has 0 saturated carbocycles. The van der Waals surface area contributed by atoms with Crippen molar-refractivity contribution in [2.75, 3.05) is 13.1 Å². The van der Waals surface area contributed by atoms with Crippen LogP contribution in [0.4, 0.5) is 0 Å². The Morgan fingerprint density at radius 1 is 1.04 bits per heavy atom. The molecule has 3 nitrogen and oxygen atoms in total. The maximum Gasteiger partial charge on any atom is 0.146 e. The molecule has 0 heterocycles. The number of likely N-dealkylation sites (N-methyl/N-ethyl adjacent to an activating group) is 1. The second-order valence-electron chi connectivity index (χ2n) is 5.42. The lowest BCUT2D eigenvalue weighted by molar-refractivity contribution is 0.267. The molecule has 0 aliphatic heterocycles. The van der Waals surface area contributed by atoms with Gasteiger partial charge in [0.15, 0.2) is 0 Å². The van der Waals surface area contributed by atoms with Crippen LogP contribution in [0, 0.1) is 0 Å². The van der Waals surface area contributed by atoms with Crippen molar-refractivity contribution < 1.29 is 9.47 Å². The number of hydrogen-bond donors (Lipinski definition) is 0. The van der Waals surface area contributed by atoms with Gasteiger partial charge in [-0.25, -0.2) is 0 Å². The van der Waals surface area contributed by atoms with Crippen LogP contribution < -0.4 is 9.47 Å². The van der Waals surface area contributed by atoms with E-state index in [4.69, 9.17) is 44.9 Å². The predicted octanol–water partition coefficient (Wildman–Crippen LogP) is 6.22. The molecule has 0 saturated heterocycles. The van der Waals surface area contributed by atoms with Crippen molar-refractivity contribution in [2.45, 2.75) is 26.9 Å². The normalized spacial score (nSPS) is 11.7. The summed E-state index contributed by atoms with van der Waals surface area (Å²) in [5.74, 6) is 1.95. The fourth-order valence-corrected chi connectivity index (χ4v) is 3.07. The van der Waals surface area contributed by atoms with E-state index in [1.54, 1.807) is 18.2 Å². The van der Waals surface area contributed by atoms with Gasteiger partial charge in [0.2, 0.25) is 0 Å². The number of ether oxygens (including phenoxy) is 2. The first-order valence-corrected chi connectivity index (χ1v) is 9.29. The number of halogens is 2. The molecule has 0 fully saturated rings. The summed E-state index contributed by atoms with van der Waals surface area (Å²) in [6, 6.07) is 12.5. The van der Waals surface area contributed by atoms with Crippen molar-refractivity contribution in [3.8, 4) is 17.2 Å². The minimum Gasteiger partial charge on any atom is -0.484 e. The molecule has 0 amide bonds. The minimum absolute atomic E-state index is 0.174. The van der Waals surface area contributed by atoms with Gasteiger partial charge in [0.1, 0.15) is 28.3 Å². The van der Waals surface area contributed by atoms with Crippen molar-refractivity contribution in [1.29, 1.82) is 0 Å². The highest BCUT2D eigenvalue weighted by Crippen LogP contribution is 2.32. The highest BCUT2D eigenvalue weighted by atomic mass is 35.5. The fraction of sp³-hybridized carbons (Fsp3) is 0.316. The standard InChI is InChI=1S/C19H21Cl2NO2S/c1-4-22(5-2)19(25)13(3)23-15-7-9-16(10-8-15)24-18-11-6-14(20)12-17(18)21/h6-13H,4-5H2,1-3H3. The van der Waals surface area contributed by atoms with E-state index in [2.05, 4.69) is 18.7 Å². The smallest absolute Gasteiger partial charge is 0.146 e. The van der Waals surface area contributed by atoms with Crippen molar-refractivity contribution in [1.82, 2.24) is 4.90 Å². The summed E-state index contributed by atoms with van der Waals surface area (Å²) in [7, 11) is 0. The zero-order valence-corrected chi connectivity index (χ0v) is 16.8.